The second kappa shape index (κ2) is 5.41. The lowest BCUT2D eigenvalue weighted by Gasteiger charge is -2.14. The van der Waals surface area contributed by atoms with E-state index < -0.39 is 0 Å². The van der Waals surface area contributed by atoms with Crippen molar-refractivity contribution in [1.82, 2.24) is 4.57 Å². The van der Waals surface area contributed by atoms with E-state index in [1.165, 1.54) is 17.2 Å². The highest BCUT2D eigenvalue weighted by Crippen LogP contribution is 2.30. The van der Waals surface area contributed by atoms with Gasteiger partial charge in [-0.05, 0) is 37.0 Å². The first kappa shape index (κ1) is 13.4. The van der Waals surface area contributed by atoms with E-state index in [-0.39, 0.29) is 0 Å². The summed E-state index contributed by atoms with van der Waals surface area (Å²) in [5.74, 6) is 0. The molecule has 1 aromatic heterocycles. The highest BCUT2D eigenvalue weighted by Gasteiger charge is 2.18. The monoisotopic (exact) mass is 275 g/mol. The Morgan fingerprint density at radius 1 is 1.43 bits per heavy atom. The average Bonchev–Trinajstić information content (AvgIpc) is 2.89. The number of benzene rings is 1. The summed E-state index contributed by atoms with van der Waals surface area (Å²) in [6, 6.07) is 8.33. The number of aryl methyl sites for hydroxylation is 2. The lowest BCUT2D eigenvalue weighted by Crippen LogP contribution is -2.05. The normalized spacial score (nSPS) is 14.6. The van der Waals surface area contributed by atoms with Gasteiger partial charge in [0, 0.05) is 29.8 Å². The van der Waals surface area contributed by atoms with Gasteiger partial charge >= 0.3 is 0 Å². The Hall–Kier alpha value is -2.60. The van der Waals surface area contributed by atoms with Crippen LogP contribution in [0, 0.1) is 16.7 Å². The third-order valence-electron chi connectivity index (χ3n) is 4.03. The van der Waals surface area contributed by atoms with Gasteiger partial charge in [-0.3, -0.25) is 5.41 Å². The summed E-state index contributed by atoms with van der Waals surface area (Å²) in [5, 5.41) is 18.3. The molecule has 0 unspecified atom stereocenters. The largest absolute Gasteiger partial charge is 0.347 e. The molecule has 3 rings (SSSR count). The maximum Gasteiger partial charge on any atom is 0.0912 e. The Kier molecular flexibility index (Phi) is 3.45. The number of nitrogens with zero attached hydrogens (tertiary/aromatic N) is 2. The van der Waals surface area contributed by atoms with Gasteiger partial charge in [-0.1, -0.05) is 24.3 Å². The molecule has 0 amide bonds. The molecule has 104 valence electrons. The van der Waals surface area contributed by atoms with Crippen LogP contribution in [-0.2, 0) is 13.0 Å². The number of hydrogen-bond acceptors (Lipinski definition) is 2. The summed E-state index contributed by atoms with van der Waals surface area (Å²) in [6.45, 7) is 2.91. The summed E-state index contributed by atoms with van der Waals surface area (Å²) in [5.41, 5.74) is 4.84. The molecule has 0 radical (unpaired) electrons. The molecule has 0 aliphatic carbocycles. The van der Waals surface area contributed by atoms with Crippen molar-refractivity contribution in [2.75, 3.05) is 0 Å². The van der Waals surface area contributed by atoms with Crippen molar-refractivity contribution in [3.05, 3.63) is 59.3 Å². The van der Waals surface area contributed by atoms with Gasteiger partial charge < -0.3 is 4.57 Å². The molecule has 1 aromatic carbocycles. The lowest BCUT2D eigenvalue weighted by atomic mass is 9.98. The Morgan fingerprint density at radius 3 is 3.05 bits per heavy atom. The van der Waals surface area contributed by atoms with E-state index in [9.17, 15) is 0 Å². The highest BCUT2D eigenvalue weighted by molar-refractivity contribution is 6.19. The van der Waals surface area contributed by atoms with Gasteiger partial charge in [0.1, 0.15) is 0 Å². The first-order valence-corrected chi connectivity index (χ1v) is 7.18. The van der Waals surface area contributed by atoms with E-state index in [4.69, 9.17) is 10.7 Å². The van der Waals surface area contributed by atoms with Crippen LogP contribution in [0.3, 0.4) is 0 Å². The molecule has 1 aliphatic heterocycles. The molecule has 2 aromatic rings. The molecular formula is C18H17N3. The molecule has 2 heterocycles. The molecule has 0 saturated heterocycles. The zero-order valence-electron chi connectivity index (χ0n) is 12.1. The smallest absolute Gasteiger partial charge is 0.0912 e. The SMILES string of the molecule is C/C=C(/C=C/C#N)C(=N)c1cn2c3c(cccc13)CCC2. The number of hydrogen-bond donors (Lipinski definition) is 1. The van der Waals surface area contributed by atoms with Gasteiger partial charge in [0.05, 0.1) is 17.3 Å². The summed E-state index contributed by atoms with van der Waals surface area (Å²) in [4.78, 5) is 0. The van der Waals surface area contributed by atoms with Crippen LogP contribution < -0.4 is 0 Å². The van der Waals surface area contributed by atoms with E-state index in [1.54, 1.807) is 6.08 Å². The molecule has 0 spiro atoms. The van der Waals surface area contributed by atoms with Crippen LogP contribution in [0.25, 0.3) is 10.9 Å². The van der Waals surface area contributed by atoms with Gasteiger partial charge in [-0.2, -0.15) is 5.26 Å². The van der Waals surface area contributed by atoms with Crippen molar-refractivity contribution in [2.24, 2.45) is 0 Å². The van der Waals surface area contributed by atoms with Crippen molar-refractivity contribution in [3.63, 3.8) is 0 Å². The summed E-state index contributed by atoms with van der Waals surface area (Å²) < 4.78 is 2.26. The van der Waals surface area contributed by atoms with Crippen LogP contribution in [0.2, 0.25) is 0 Å². The van der Waals surface area contributed by atoms with E-state index in [1.807, 2.05) is 19.1 Å². The molecule has 1 N–H and O–H groups in total. The Labute approximate surface area is 124 Å². The predicted molar refractivity (Wildman–Crippen MR) is 85.6 cm³/mol. The minimum Gasteiger partial charge on any atom is -0.347 e. The van der Waals surface area contributed by atoms with Crippen LogP contribution in [0.1, 0.15) is 24.5 Å². The van der Waals surface area contributed by atoms with Crippen molar-refractivity contribution < 1.29 is 0 Å². The van der Waals surface area contributed by atoms with Gasteiger partial charge in [0.15, 0.2) is 0 Å². The number of rotatable bonds is 3. The van der Waals surface area contributed by atoms with Crippen molar-refractivity contribution in [3.8, 4) is 6.07 Å². The van der Waals surface area contributed by atoms with Crippen LogP contribution in [-0.4, -0.2) is 10.3 Å². The Balaban J connectivity index is 2.14. The summed E-state index contributed by atoms with van der Waals surface area (Å²) >= 11 is 0. The second-order valence-corrected chi connectivity index (χ2v) is 5.23. The molecule has 3 heteroatoms. The maximum atomic E-state index is 8.68. The van der Waals surface area contributed by atoms with E-state index >= 15 is 0 Å². The molecule has 0 fully saturated rings. The number of nitrogens with one attached hydrogen (secondary N) is 1. The number of allylic oxidation sites excluding steroid dienone is 4. The van der Waals surface area contributed by atoms with E-state index in [2.05, 4.69) is 29.0 Å². The molecule has 1 aliphatic rings. The van der Waals surface area contributed by atoms with Crippen LogP contribution >= 0.6 is 0 Å². The highest BCUT2D eigenvalue weighted by atomic mass is 15.0. The fraction of sp³-hybridized carbons (Fsp3) is 0.222. The molecule has 0 atom stereocenters. The number of aromatic nitrogens is 1. The zero-order valence-corrected chi connectivity index (χ0v) is 12.1. The van der Waals surface area contributed by atoms with E-state index in [0.29, 0.717) is 5.71 Å². The first-order chi connectivity index (χ1) is 10.3. The van der Waals surface area contributed by atoms with Crippen LogP contribution in [0.4, 0.5) is 0 Å². The van der Waals surface area contributed by atoms with Gasteiger partial charge in [-0.25, -0.2) is 0 Å². The fourth-order valence-electron chi connectivity index (χ4n) is 3.06. The minimum atomic E-state index is 0.479. The Morgan fingerprint density at radius 2 is 2.29 bits per heavy atom. The lowest BCUT2D eigenvalue weighted by molar-refractivity contribution is 0.636. The first-order valence-electron chi connectivity index (χ1n) is 7.18. The van der Waals surface area contributed by atoms with Gasteiger partial charge in [0.2, 0.25) is 0 Å². The fourth-order valence-corrected chi connectivity index (χ4v) is 3.06. The zero-order chi connectivity index (χ0) is 14.8. The third kappa shape index (κ3) is 2.19. The number of para-hydroxylation sites is 1. The van der Waals surface area contributed by atoms with Crippen molar-refractivity contribution >= 4 is 16.6 Å². The standard InChI is InChI=1S/C18H17N3/c1-2-13(7-4-10-19)17(20)16-12-21-11-5-8-14-6-3-9-15(16)18(14)21/h2-4,6-7,9,12,20H,5,8,11H2,1H3/b7-4+,13-2-,20-17?. The van der Waals surface area contributed by atoms with Gasteiger partial charge in [0.25, 0.3) is 0 Å². The summed E-state index contributed by atoms with van der Waals surface area (Å²) in [6.07, 6.45) is 9.35. The van der Waals surface area contributed by atoms with Crippen LogP contribution in [0.15, 0.2) is 48.2 Å². The summed E-state index contributed by atoms with van der Waals surface area (Å²) in [7, 11) is 0. The average molecular weight is 275 g/mol. The topological polar surface area (TPSA) is 52.6 Å². The number of nitriles is 1. The van der Waals surface area contributed by atoms with Crippen LogP contribution in [0.5, 0.6) is 0 Å². The molecule has 3 nitrogen and oxygen atoms in total. The molecule has 0 saturated carbocycles. The maximum absolute atomic E-state index is 8.68. The third-order valence-corrected chi connectivity index (χ3v) is 4.03. The van der Waals surface area contributed by atoms with E-state index in [0.717, 1.165) is 35.9 Å². The molecule has 0 bridgehead atoms. The van der Waals surface area contributed by atoms with Crippen molar-refractivity contribution in [1.29, 1.82) is 10.7 Å². The second-order valence-electron chi connectivity index (χ2n) is 5.23. The predicted octanol–water partition coefficient (Wildman–Crippen LogP) is 3.98. The minimum absolute atomic E-state index is 0.479. The molecular weight excluding hydrogens is 258 g/mol. The quantitative estimate of drug-likeness (QED) is 0.514. The Bertz CT molecular complexity index is 813. The van der Waals surface area contributed by atoms with Gasteiger partial charge in [-0.15, -0.1) is 0 Å². The molecule has 21 heavy (non-hydrogen) atoms. The van der Waals surface area contributed by atoms with Crippen molar-refractivity contribution in [2.45, 2.75) is 26.3 Å².